The number of aromatic nitrogens is 3. The average Bonchev–Trinajstić information content (AvgIpc) is 3.36. The van der Waals surface area contributed by atoms with Crippen molar-refractivity contribution in [1.82, 2.24) is 14.5 Å². The summed E-state index contributed by atoms with van der Waals surface area (Å²) in [6, 6.07) is 6.96. The zero-order chi connectivity index (χ0) is 22.7. The molecule has 166 valence electrons. The number of rotatable bonds is 5. The van der Waals surface area contributed by atoms with Gasteiger partial charge in [0.1, 0.15) is 4.60 Å². The number of nitrogens with zero attached hydrogens (tertiary/aromatic N) is 4. The summed E-state index contributed by atoms with van der Waals surface area (Å²) in [5.74, 6) is 1.03. The van der Waals surface area contributed by atoms with Crippen LogP contribution in [0.4, 0.5) is 11.6 Å². The molecule has 32 heavy (non-hydrogen) atoms. The molecule has 5 rings (SSSR count). The molecule has 2 aliphatic rings. The molecule has 8 nitrogen and oxygen atoms in total. The lowest BCUT2D eigenvalue weighted by Gasteiger charge is -2.24. The molecule has 9 heteroatoms. The highest BCUT2D eigenvalue weighted by molar-refractivity contribution is 9.10. The average molecular weight is 498 g/mol. The quantitative estimate of drug-likeness (QED) is 0.517. The van der Waals surface area contributed by atoms with E-state index in [1.54, 1.807) is 23.7 Å². The van der Waals surface area contributed by atoms with E-state index in [0.29, 0.717) is 27.1 Å². The molecule has 2 fully saturated rings. The van der Waals surface area contributed by atoms with Gasteiger partial charge in [0.25, 0.3) is 5.56 Å². The van der Waals surface area contributed by atoms with Gasteiger partial charge in [-0.15, -0.1) is 0 Å². The SMILES string of the molecule is Cc1cc([C@@H](C)Nc2ccc(Br)nc2C(=O)O)c2nc(N3CC4CC4C3)n(C)c(=O)c2c1. The second-order valence-corrected chi connectivity index (χ2v) is 9.70. The van der Waals surface area contributed by atoms with E-state index in [1.165, 1.54) is 6.42 Å². The number of anilines is 2. The third-order valence-corrected chi connectivity index (χ3v) is 6.94. The number of hydrogen-bond donors (Lipinski definition) is 2. The van der Waals surface area contributed by atoms with Crippen LogP contribution in [0.15, 0.2) is 33.7 Å². The van der Waals surface area contributed by atoms with Crippen LogP contribution in [0.25, 0.3) is 10.9 Å². The van der Waals surface area contributed by atoms with Crippen LogP contribution in [0.3, 0.4) is 0 Å². The van der Waals surface area contributed by atoms with E-state index in [1.807, 2.05) is 26.0 Å². The van der Waals surface area contributed by atoms with Gasteiger partial charge < -0.3 is 15.3 Å². The van der Waals surface area contributed by atoms with Gasteiger partial charge in [0.05, 0.1) is 22.6 Å². The molecule has 1 saturated heterocycles. The third-order valence-electron chi connectivity index (χ3n) is 6.49. The molecule has 2 unspecified atom stereocenters. The molecular weight excluding hydrogens is 474 g/mol. The first kappa shape index (κ1) is 20.9. The number of halogens is 1. The van der Waals surface area contributed by atoms with Gasteiger partial charge >= 0.3 is 5.97 Å². The minimum Gasteiger partial charge on any atom is -0.476 e. The summed E-state index contributed by atoms with van der Waals surface area (Å²) in [5.41, 5.74) is 2.72. The van der Waals surface area contributed by atoms with Crippen LogP contribution in [-0.2, 0) is 7.05 Å². The van der Waals surface area contributed by atoms with Crippen molar-refractivity contribution in [2.24, 2.45) is 18.9 Å². The normalized spacial score (nSPS) is 20.3. The Morgan fingerprint density at radius 2 is 1.97 bits per heavy atom. The van der Waals surface area contributed by atoms with Crippen LogP contribution in [0.2, 0.25) is 0 Å². The fourth-order valence-corrected chi connectivity index (χ4v) is 5.05. The molecule has 0 amide bonds. The highest BCUT2D eigenvalue weighted by Crippen LogP contribution is 2.46. The van der Waals surface area contributed by atoms with Crippen molar-refractivity contribution in [2.75, 3.05) is 23.3 Å². The van der Waals surface area contributed by atoms with Crippen LogP contribution in [0.5, 0.6) is 0 Å². The monoisotopic (exact) mass is 497 g/mol. The molecule has 3 aromatic rings. The van der Waals surface area contributed by atoms with Crippen LogP contribution in [0, 0.1) is 18.8 Å². The Labute approximate surface area is 193 Å². The van der Waals surface area contributed by atoms with Gasteiger partial charge in [0.2, 0.25) is 5.95 Å². The van der Waals surface area contributed by atoms with Gasteiger partial charge in [-0.2, -0.15) is 0 Å². The van der Waals surface area contributed by atoms with Crippen molar-refractivity contribution >= 4 is 44.4 Å². The predicted octanol–water partition coefficient (Wildman–Crippen LogP) is 3.73. The second kappa shape index (κ2) is 7.58. The zero-order valence-corrected chi connectivity index (χ0v) is 19.7. The number of aryl methyl sites for hydroxylation is 1. The fraction of sp³-hybridized carbons (Fsp3) is 0.391. The lowest BCUT2D eigenvalue weighted by Crippen LogP contribution is -2.31. The maximum Gasteiger partial charge on any atom is 0.356 e. The zero-order valence-electron chi connectivity index (χ0n) is 18.1. The van der Waals surface area contributed by atoms with Crippen molar-refractivity contribution in [1.29, 1.82) is 0 Å². The summed E-state index contributed by atoms with van der Waals surface area (Å²) in [7, 11) is 1.78. The second-order valence-electron chi connectivity index (χ2n) is 8.89. The number of aromatic carboxylic acids is 1. The van der Waals surface area contributed by atoms with Gasteiger partial charge in [-0.1, -0.05) is 6.07 Å². The summed E-state index contributed by atoms with van der Waals surface area (Å²) in [6.07, 6.45) is 1.27. The highest BCUT2D eigenvalue weighted by atomic mass is 79.9. The summed E-state index contributed by atoms with van der Waals surface area (Å²) in [6.45, 7) is 5.77. The summed E-state index contributed by atoms with van der Waals surface area (Å²) < 4.78 is 2.10. The topological polar surface area (TPSA) is 100 Å². The van der Waals surface area contributed by atoms with Crippen LogP contribution < -0.4 is 15.8 Å². The lowest BCUT2D eigenvalue weighted by molar-refractivity contribution is 0.0691. The number of benzene rings is 1. The number of fused-ring (bicyclic) bond motifs is 2. The molecular formula is C23H24BrN5O3. The highest BCUT2D eigenvalue weighted by Gasteiger charge is 2.46. The van der Waals surface area contributed by atoms with E-state index in [9.17, 15) is 14.7 Å². The fourth-order valence-electron chi connectivity index (χ4n) is 4.74. The number of piperidine rings is 1. The summed E-state index contributed by atoms with van der Waals surface area (Å²) in [5, 5.41) is 13.4. The van der Waals surface area contributed by atoms with Crippen molar-refractivity contribution < 1.29 is 9.90 Å². The minimum absolute atomic E-state index is 0.0657. The van der Waals surface area contributed by atoms with E-state index in [-0.39, 0.29) is 17.3 Å². The number of hydrogen-bond acceptors (Lipinski definition) is 6. The molecule has 1 aliphatic carbocycles. The van der Waals surface area contributed by atoms with Crippen LogP contribution in [0.1, 0.15) is 41.0 Å². The minimum atomic E-state index is -1.11. The molecule has 1 saturated carbocycles. The molecule has 3 heterocycles. The molecule has 3 atom stereocenters. The predicted molar refractivity (Wildman–Crippen MR) is 126 cm³/mol. The Morgan fingerprint density at radius 3 is 2.66 bits per heavy atom. The molecule has 1 aliphatic heterocycles. The standard InChI is InChI=1S/C23H24BrN5O3/c1-11-6-15(12(2)25-17-4-5-18(24)26-20(17)22(31)32)19-16(7-11)21(30)28(3)23(27-19)29-9-13-8-14(13)10-29/h4-7,12-14,25H,8-10H2,1-3H3,(H,31,32)/t12-,13?,14?/m1/s1. The van der Waals surface area contributed by atoms with Crippen LogP contribution >= 0.6 is 15.9 Å². The molecule has 0 spiro atoms. The summed E-state index contributed by atoms with van der Waals surface area (Å²) in [4.78, 5) is 36.2. The number of carbonyl (C=O) groups is 1. The van der Waals surface area contributed by atoms with E-state index in [4.69, 9.17) is 4.98 Å². The Bertz CT molecular complexity index is 1310. The van der Waals surface area contributed by atoms with Gasteiger partial charge in [-0.05, 0) is 71.8 Å². The molecule has 2 aromatic heterocycles. The molecule has 0 radical (unpaired) electrons. The Morgan fingerprint density at radius 1 is 1.25 bits per heavy atom. The van der Waals surface area contributed by atoms with Gasteiger partial charge in [0, 0.05) is 25.7 Å². The number of pyridine rings is 1. The third kappa shape index (κ3) is 3.54. The maximum atomic E-state index is 13.2. The van der Waals surface area contributed by atoms with Gasteiger partial charge in [0.15, 0.2) is 5.69 Å². The molecule has 1 aromatic carbocycles. The molecule has 0 bridgehead atoms. The lowest BCUT2D eigenvalue weighted by atomic mass is 10.0. The maximum absolute atomic E-state index is 13.2. The Balaban J connectivity index is 1.60. The number of nitrogens with one attached hydrogen (secondary N) is 1. The first-order chi connectivity index (χ1) is 15.2. The summed E-state index contributed by atoms with van der Waals surface area (Å²) >= 11 is 3.23. The van der Waals surface area contributed by atoms with Gasteiger partial charge in [-0.25, -0.2) is 14.8 Å². The van der Waals surface area contributed by atoms with E-state index in [2.05, 4.69) is 31.1 Å². The van der Waals surface area contributed by atoms with Crippen molar-refractivity contribution in [2.45, 2.75) is 26.3 Å². The number of carboxylic acid groups (broad SMARTS) is 1. The van der Waals surface area contributed by atoms with E-state index in [0.717, 1.165) is 36.1 Å². The smallest absolute Gasteiger partial charge is 0.356 e. The Hall–Kier alpha value is -2.94. The number of carboxylic acids is 1. The van der Waals surface area contributed by atoms with Crippen molar-refractivity contribution in [3.8, 4) is 0 Å². The van der Waals surface area contributed by atoms with E-state index < -0.39 is 5.97 Å². The largest absolute Gasteiger partial charge is 0.476 e. The Kier molecular flexibility index (Phi) is 4.96. The van der Waals surface area contributed by atoms with Gasteiger partial charge in [-0.3, -0.25) is 9.36 Å². The van der Waals surface area contributed by atoms with Crippen molar-refractivity contribution in [3.63, 3.8) is 0 Å². The molecule has 2 N–H and O–H groups in total. The first-order valence-corrected chi connectivity index (χ1v) is 11.4. The first-order valence-electron chi connectivity index (χ1n) is 10.7. The van der Waals surface area contributed by atoms with E-state index >= 15 is 0 Å². The van der Waals surface area contributed by atoms with Crippen molar-refractivity contribution in [3.05, 3.63) is 56.0 Å². The van der Waals surface area contributed by atoms with Crippen LogP contribution in [-0.4, -0.2) is 38.7 Å².